The van der Waals surface area contributed by atoms with Gasteiger partial charge in [-0.15, -0.1) is 0 Å². The third kappa shape index (κ3) is 5.12. The minimum atomic E-state index is -3.50. The molecule has 0 bridgehead atoms. The molecule has 1 aromatic rings. The predicted octanol–water partition coefficient (Wildman–Crippen LogP) is 0.558. The van der Waals surface area contributed by atoms with Crippen LogP contribution in [0.2, 0.25) is 0 Å². The van der Waals surface area contributed by atoms with E-state index in [0.29, 0.717) is 52.5 Å². The van der Waals surface area contributed by atoms with Crippen LogP contribution in [0.25, 0.3) is 0 Å². The van der Waals surface area contributed by atoms with E-state index in [4.69, 9.17) is 9.47 Å². The summed E-state index contributed by atoms with van der Waals surface area (Å²) in [7, 11) is -3.50. The summed E-state index contributed by atoms with van der Waals surface area (Å²) < 4.78 is 39.1. The smallest absolute Gasteiger partial charge is 0.321 e. The van der Waals surface area contributed by atoms with Gasteiger partial charge in [0.2, 0.25) is 0 Å². The Morgan fingerprint density at radius 1 is 0.871 bits per heavy atom. The fourth-order valence-corrected chi connectivity index (χ4v) is 5.62. The Hall–Kier alpha value is -1.92. The SMILES string of the molecule is Cc1cc(N2CCOCC2)ccc1NC(=O)N1CCN(S(=O)(=O)N2CCOCC2)CC1. The van der Waals surface area contributed by atoms with Crippen molar-refractivity contribution in [1.29, 1.82) is 0 Å². The van der Waals surface area contributed by atoms with E-state index < -0.39 is 10.2 Å². The van der Waals surface area contributed by atoms with E-state index in [0.717, 1.165) is 43.2 Å². The molecule has 0 saturated carbocycles. The molecule has 0 aliphatic carbocycles. The maximum Gasteiger partial charge on any atom is 0.321 e. The number of benzene rings is 1. The fraction of sp³-hybridized carbons (Fsp3) is 0.650. The van der Waals surface area contributed by atoms with Gasteiger partial charge in [0.1, 0.15) is 0 Å². The number of carbonyl (C=O) groups is 1. The minimum Gasteiger partial charge on any atom is -0.379 e. The van der Waals surface area contributed by atoms with Crippen LogP contribution in [0, 0.1) is 6.92 Å². The van der Waals surface area contributed by atoms with Crippen molar-refractivity contribution >= 4 is 27.6 Å². The second kappa shape index (κ2) is 9.70. The van der Waals surface area contributed by atoms with Gasteiger partial charge in [-0.25, -0.2) is 4.79 Å². The average Bonchev–Trinajstić information content (AvgIpc) is 2.81. The van der Waals surface area contributed by atoms with Gasteiger partial charge < -0.3 is 24.6 Å². The quantitative estimate of drug-likeness (QED) is 0.716. The first kappa shape index (κ1) is 22.3. The van der Waals surface area contributed by atoms with E-state index in [1.54, 1.807) is 4.90 Å². The molecule has 4 rings (SSSR count). The van der Waals surface area contributed by atoms with Crippen LogP contribution in [0.3, 0.4) is 0 Å². The lowest BCUT2D eigenvalue weighted by molar-refractivity contribution is 0.0691. The predicted molar refractivity (Wildman–Crippen MR) is 118 cm³/mol. The normalized spacial score (nSPS) is 21.8. The molecule has 0 atom stereocenters. The Morgan fingerprint density at radius 2 is 1.45 bits per heavy atom. The summed E-state index contributed by atoms with van der Waals surface area (Å²) in [5.41, 5.74) is 2.89. The molecule has 0 spiro atoms. The fourth-order valence-electron chi connectivity index (χ4n) is 4.06. The van der Waals surface area contributed by atoms with Crippen LogP contribution >= 0.6 is 0 Å². The third-order valence-corrected chi connectivity index (χ3v) is 8.01. The van der Waals surface area contributed by atoms with Crippen molar-refractivity contribution in [3.63, 3.8) is 0 Å². The van der Waals surface area contributed by atoms with E-state index in [1.807, 2.05) is 19.1 Å². The van der Waals surface area contributed by atoms with Gasteiger partial charge in [0.25, 0.3) is 10.2 Å². The average molecular weight is 454 g/mol. The first-order valence-corrected chi connectivity index (χ1v) is 12.2. The standard InChI is InChI=1S/C20H31N5O5S/c1-17-16-18(22-8-12-29-13-9-22)2-3-19(17)21-20(26)23-4-6-24(7-5-23)31(27,28)25-10-14-30-15-11-25/h2-3,16H,4-15H2,1H3,(H,21,26). The molecule has 1 aromatic carbocycles. The molecule has 2 amide bonds. The highest BCUT2D eigenvalue weighted by molar-refractivity contribution is 7.86. The molecule has 0 unspecified atom stereocenters. The zero-order valence-corrected chi connectivity index (χ0v) is 18.8. The Morgan fingerprint density at radius 3 is 2.06 bits per heavy atom. The van der Waals surface area contributed by atoms with Crippen LogP contribution in [0.1, 0.15) is 5.56 Å². The second-order valence-corrected chi connectivity index (χ2v) is 9.86. The van der Waals surface area contributed by atoms with E-state index in [1.165, 1.54) is 8.61 Å². The molecular weight excluding hydrogens is 422 g/mol. The van der Waals surface area contributed by atoms with Crippen molar-refractivity contribution in [3.8, 4) is 0 Å². The van der Waals surface area contributed by atoms with Gasteiger partial charge >= 0.3 is 6.03 Å². The summed E-state index contributed by atoms with van der Waals surface area (Å²) in [6, 6.07) is 5.82. The first-order chi connectivity index (χ1) is 14.9. The Balaban J connectivity index is 1.32. The van der Waals surface area contributed by atoms with Crippen LogP contribution in [0.15, 0.2) is 18.2 Å². The second-order valence-electron chi connectivity index (χ2n) is 7.93. The molecule has 3 aliphatic heterocycles. The number of nitrogens with one attached hydrogen (secondary N) is 1. The molecule has 0 aromatic heterocycles. The summed E-state index contributed by atoms with van der Waals surface area (Å²) in [5, 5.41) is 2.98. The number of hydrogen-bond donors (Lipinski definition) is 1. The summed E-state index contributed by atoms with van der Waals surface area (Å²) in [4.78, 5) is 16.7. The molecule has 0 radical (unpaired) electrons. The monoisotopic (exact) mass is 453 g/mol. The van der Waals surface area contributed by atoms with Crippen LogP contribution in [-0.4, -0.2) is 107 Å². The van der Waals surface area contributed by atoms with Gasteiger partial charge in [0, 0.05) is 63.7 Å². The number of nitrogens with zero attached hydrogens (tertiary/aromatic N) is 4. The van der Waals surface area contributed by atoms with Gasteiger partial charge in [-0.2, -0.15) is 17.0 Å². The number of morpholine rings is 2. The molecule has 3 aliphatic rings. The molecule has 11 heteroatoms. The molecule has 3 heterocycles. The molecule has 1 N–H and O–H groups in total. The lowest BCUT2D eigenvalue weighted by Gasteiger charge is -2.37. The van der Waals surface area contributed by atoms with Crippen LogP contribution in [0.5, 0.6) is 0 Å². The van der Waals surface area contributed by atoms with E-state index in [-0.39, 0.29) is 6.03 Å². The van der Waals surface area contributed by atoms with Crippen molar-refractivity contribution in [1.82, 2.24) is 13.5 Å². The molecule has 172 valence electrons. The van der Waals surface area contributed by atoms with Gasteiger partial charge in [-0.05, 0) is 30.7 Å². The highest BCUT2D eigenvalue weighted by atomic mass is 32.2. The maximum absolute atomic E-state index is 12.8. The highest BCUT2D eigenvalue weighted by Crippen LogP contribution is 2.24. The molecule has 3 fully saturated rings. The summed E-state index contributed by atoms with van der Waals surface area (Å²) >= 11 is 0. The Bertz CT molecular complexity index is 876. The summed E-state index contributed by atoms with van der Waals surface area (Å²) in [5.74, 6) is 0. The maximum atomic E-state index is 12.8. The van der Waals surface area contributed by atoms with E-state index in [9.17, 15) is 13.2 Å². The highest BCUT2D eigenvalue weighted by Gasteiger charge is 2.34. The third-order valence-electron chi connectivity index (χ3n) is 5.98. The van der Waals surface area contributed by atoms with Crippen LogP contribution in [0.4, 0.5) is 16.2 Å². The number of urea groups is 1. The lowest BCUT2D eigenvalue weighted by atomic mass is 10.1. The van der Waals surface area contributed by atoms with Crippen molar-refractivity contribution < 1.29 is 22.7 Å². The number of hydrogen-bond acceptors (Lipinski definition) is 6. The minimum absolute atomic E-state index is 0.203. The zero-order chi connectivity index (χ0) is 21.8. The molecular formula is C20H31N5O5S. The number of aryl methyl sites for hydroxylation is 1. The van der Waals surface area contributed by atoms with Crippen LogP contribution < -0.4 is 10.2 Å². The first-order valence-electron chi connectivity index (χ1n) is 10.8. The van der Waals surface area contributed by atoms with Gasteiger partial charge in [0.05, 0.1) is 26.4 Å². The van der Waals surface area contributed by atoms with Gasteiger partial charge in [-0.3, -0.25) is 0 Å². The number of amides is 2. The summed E-state index contributed by atoms with van der Waals surface area (Å²) in [6.07, 6.45) is 0. The Labute approximate surface area is 183 Å². The molecule has 3 saturated heterocycles. The topological polar surface area (TPSA) is 94.7 Å². The van der Waals surface area contributed by atoms with Crippen molar-refractivity contribution in [2.45, 2.75) is 6.92 Å². The van der Waals surface area contributed by atoms with Crippen LogP contribution in [-0.2, 0) is 19.7 Å². The van der Waals surface area contributed by atoms with Crippen molar-refractivity contribution in [2.24, 2.45) is 0 Å². The lowest BCUT2D eigenvalue weighted by Crippen LogP contribution is -2.56. The Kier molecular flexibility index (Phi) is 6.97. The molecule has 10 nitrogen and oxygen atoms in total. The number of carbonyl (C=O) groups excluding carboxylic acids is 1. The van der Waals surface area contributed by atoms with Gasteiger partial charge in [-0.1, -0.05) is 0 Å². The number of anilines is 2. The number of ether oxygens (including phenoxy) is 2. The van der Waals surface area contributed by atoms with Gasteiger partial charge in [0.15, 0.2) is 0 Å². The number of piperazine rings is 1. The summed E-state index contributed by atoms with van der Waals surface area (Å²) in [6.45, 7) is 8.07. The largest absolute Gasteiger partial charge is 0.379 e. The van der Waals surface area contributed by atoms with Crippen molar-refractivity contribution in [2.75, 3.05) is 89.0 Å². The van der Waals surface area contributed by atoms with E-state index in [2.05, 4.69) is 16.3 Å². The number of rotatable bonds is 4. The van der Waals surface area contributed by atoms with E-state index >= 15 is 0 Å². The van der Waals surface area contributed by atoms with Crippen molar-refractivity contribution in [3.05, 3.63) is 23.8 Å². The molecule has 31 heavy (non-hydrogen) atoms. The zero-order valence-electron chi connectivity index (χ0n) is 18.0.